The Morgan fingerprint density at radius 1 is 0.357 bits per heavy atom. The molecule has 11 rings (SSSR count). The number of aromatic nitrogens is 3. The fraction of sp³-hybridized carbons (Fsp3) is 0. The zero-order valence-corrected chi connectivity index (χ0v) is 37.4. The molecule has 70 heavy (non-hydrogen) atoms. The van der Waals surface area contributed by atoms with Gasteiger partial charge in [-0.05, 0) is 120 Å². The Hall–Kier alpha value is -10.4. The molecule has 11 aromatic rings. The molecule has 0 aliphatic rings. The zero-order chi connectivity index (χ0) is 47.6. The molecule has 9 aromatic carbocycles. The van der Waals surface area contributed by atoms with Gasteiger partial charge >= 0.3 is 0 Å². The first-order valence-corrected chi connectivity index (χ1v) is 22.5. The summed E-state index contributed by atoms with van der Waals surface area (Å²) in [4.78, 5) is 12.0. The molecule has 0 unspecified atom stereocenters. The van der Waals surface area contributed by atoms with Crippen LogP contribution in [0.15, 0.2) is 218 Å². The molecule has 0 saturated carbocycles. The zero-order valence-electron chi connectivity index (χ0n) is 37.4. The third kappa shape index (κ3) is 7.83. The molecule has 0 bridgehead atoms. The summed E-state index contributed by atoms with van der Waals surface area (Å²) in [7, 11) is 0. The fourth-order valence-electron chi connectivity index (χ4n) is 9.20. The number of para-hydroxylation sites is 3. The van der Waals surface area contributed by atoms with E-state index in [1.54, 1.807) is 54.6 Å². The molecule has 324 valence electrons. The molecule has 0 amide bonds. The second-order valence-electron chi connectivity index (χ2n) is 16.7. The molecule has 0 aliphatic carbocycles. The van der Waals surface area contributed by atoms with Crippen LogP contribution >= 0.6 is 0 Å². The predicted molar refractivity (Wildman–Crippen MR) is 277 cm³/mol. The maximum atomic E-state index is 10.6. The van der Waals surface area contributed by atoms with Crippen LogP contribution in [0.3, 0.4) is 0 Å². The summed E-state index contributed by atoms with van der Waals surface area (Å²) in [5.41, 5.74) is 14.2. The summed E-state index contributed by atoms with van der Waals surface area (Å²) >= 11 is 0. The topological polar surface area (TPSA) is 129 Å². The Morgan fingerprint density at radius 3 is 1.56 bits per heavy atom. The van der Waals surface area contributed by atoms with E-state index in [0.29, 0.717) is 61.7 Å². The van der Waals surface area contributed by atoms with Gasteiger partial charge in [0.25, 0.3) is 0 Å². The first-order valence-electron chi connectivity index (χ1n) is 22.5. The van der Waals surface area contributed by atoms with E-state index in [9.17, 15) is 21.0 Å². The minimum Gasteiger partial charge on any atom is -0.310 e. The molecule has 0 N–H and O–H groups in total. The molecule has 8 heteroatoms. The van der Waals surface area contributed by atoms with Crippen molar-refractivity contribution in [2.75, 3.05) is 4.90 Å². The Balaban J connectivity index is 0.922. The molecule has 2 heterocycles. The van der Waals surface area contributed by atoms with Crippen molar-refractivity contribution < 1.29 is 0 Å². The highest BCUT2D eigenvalue weighted by Gasteiger charge is 2.20. The number of hydrogen-bond acceptors (Lipinski definition) is 7. The summed E-state index contributed by atoms with van der Waals surface area (Å²) in [6.45, 7) is 0. The van der Waals surface area contributed by atoms with Gasteiger partial charge < -0.3 is 9.47 Å². The van der Waals surface area contributed by atoms with Crippen LogP contribution in [0.2, 0.25) is 0 Å². The van der Waals surface area contributed by atoms with Crippen LogP contribution in [0.4, 0.5) is 17.1 Å². The van der Waals surface area contributed by atoms with E-state index < -0.39 is 0 Å². The highest BCUT2D eigenvalue weighted by molar-refractivity contribution is 6.10. The highest BCUT2D eigenvalue weighted by Crippen LogP contribution is 2.40. The van der Waals surface area contributed by atoms with Gasteiger partial charge in [-0.15, -0.1) is 0 Å². The standard InChI is InChI=1S/C62H36N8/c63-37-41-11-9-13-46(31-41)58-36-59(68-62(67-58)47-14-10-12-42(32-47)38-64)56-34-48(39-65)55(33-49(56)40-66)45-23-21-43(22-24-45)44-25-27-52(28-26-44)70-60-20-8-7-19-54(60)57-35-53(29-30-61(57)70)69(50-15-3-1-4-16-50)51-17-5-2-6-18-51/h1-36H. The Kier molecular flexibility index (Phi) is 10.9. The first-order chi connectivity index (χ1) is 34.5. The van der Waals surface area contributed by atoms with Gasteiger partial charge in [-0.3, -0.25) is 0 Å². The lowest BCUT2D eigenvalue weighted by Crippen LogP contribution is -2.09. The number of nitriles is 4. The average molecular weight is 893 g/mol. The van der Waals surface area contributed by atoms with Crippen molar-refractivity contribution in [2.45, 2.75) is 0 Å². The summed E-state index contributed by atoms with van der Waals surface area (Å²) in [6.07, 6.45) is 0. The molecule has 0 spiro atoms. The van der Waals surface area contributed by atoms with E-state index >= 15 is 0 Å². The Labute approximate surface area is 404 Å². The summed E-state index contributed by atoms with van der Waals surface area (Å²) in [6, 6.07) is 81.0. The van der Waals surface area contributed by atoms with E-state index in [4.69, 9.17) is 9.97 Å². The number of anilines is 3. The monoisotopic (exact) mass is 892 g/mol. The predicted octanol–water partition coefficient (Wildman–Crippen LogP) is 14.9. The van der Waals surface area contributed by atoms with Crippen LogP contribution in [0.5, 0.6) is 0 Å². The van der Waals surface area contributed by atoms with Gasteiger partial charge in [-0.2, -0.15) is 21.0 Å². The summed E-state index contributed by atoms with van der Waals surface area (Å²) in [5, 5.41) is 42.7. The van der Waals surface area contributed by atoms with Crippen LogP contribution in [-0.2, 0) is 0 Å². The smallest absolute Gasteiger partial charge is 0.160 e. The molecule has 0 aliphatic heterocycles. The van der Waals surface area contributed by atoms with Crippen molar-refractivity contribution in [1.82, 2.24) is 14.5 Å². The molecule has 0 saturated heterocycles. The maximum absolute atomic E-state index is 10.6. The molecular formula is C62H36N8. The van der Waals surface area contributed by atoms with Crippen molar-refractivity contribution in [1.29, 1.82) is 21.0 Å². The minimum atomic E-state index is 0.326. The van der Waals surface area contributed by atoms with Gasteiger partial charge in [0.1, 0.15) is 0 Å². The van der Waals surface area contributed by atoms with Crippen molar-refractivity contribution >= 4 is 38.9 Å². The number of hydrogen-bond donors (Lipinski definition) is 0. The van der Waals surface area contributed by atoms with Gasteiger partial charge in [-0.25, -0.2) is 9.97 Å². The maximum Gasteiger partial charge on any atom is 0.160 e. The number of rotatable bonds is 9. The van der Waals surface area contributed by atoms with Crippen LogP contribution in [-0.4, -0.2) is 14.5 Å². The Bertz CT molecular complexity index is 3860. The molecule has 0 radical (unpaired) electrons. The van der Waals surface area contributed by atoms with E-state index in [0.717, 1.165) is 55.9 Å². The van der Waals surface area contributed by atoms with Gasteiger partial charge in [0.2, 0.25) is 0 Å². The normalized spacial score (nSPS) is 10.8. The molecule has 8 nitrogen and oxygen atoms in total. The molecule has 0 atom stereocenters. The lowest BCUT2D eigenvalue weighted by atomic mass is 9.92. The fourth-order valence-corrected chi connectivity index (χ4v) is 9.20. The highest BCUT2D eigenvalue weighted by atomic mass is 15.1. The molecule has 0 fully saturated rings. The lowest BCUT2D eigenvalue weighted by molar-refractivity contribution is 1.18. The molecular weight excluding hydrogens is 857 g/mol. The number of nitrogens with zero attached hydrogens (tertiary/aromatic N) is 8. The SMILES string of the molecule is N#Cc1cccc(-c2cc(-c3cc(C#N)c(-c4ccc(-c5ccc(-n6c7ccccc7c7cc(N(c8ccccc8)c8ccccc8)ccc76)cc5)cc4)cc3C#N)nc(-c3cccc(C#N)c3)n2)c1. The second kappa shape index (κ2) is 18.1. The quantitative estimate of drug-likeness (QED) is 0.141. The Morgan fingerprint density at radius 2 is 0.900 bits per heavy atom. The number of fused-ring (bicyclic) bond motifs is 3. The van der Waals surface area contributed by atoms with E-state index in [2.05, 4.69) is 149 Å². The summed E-state index contributed by atoms with van der Waals surface area (Å²) in [5.74, 6) is 0.334. The third-order valence-corrected chi connectivity index (χ3v) is 12.5. The van der Waals surface area contributed by atoms with Gasteiger partial charge in [0.15, 0.2) is 5.82 Å². The summed E-state index contributed by atoms with van der Waals surface area (Å²) < 4.78 is 2.32. The van der Waals surface area contributed by atoms with Crippen LogP contribution < -0.4 is 4.90 Å². The first kappa shape index (κ1) is 42.3. The van der Waals surface area contributed by atoms with Crippen molar-refractivity contribution in [2.24, 2.45) is 0 Å². The second-order valence-corrected chi connectivity index (χ2v) is 16.7. The van der Waals surface area contributed by atoms with Crippen LogP contribution in [0.25, 0.3) is 83.6 Å². The van der Waals surface area contributed by atoms with Crippen molar-refractivity contribution in [3.63, 3.8) is 0 Å². The van der Waals surface area contributed by atoms with E-state index in [-0.39, 0.29) is 0 Å². The average Bonchev–Trinajstić information content (AvgIpc) is 3.77. The minimum absolute atomic E-state index is 0.326. The largest absolute Gasteiger partial charge is 0.310 e. The van der Waals surface area contributed by atoms with Gasteiger partial charge in [-0.1, -0.05) is 115 Å². The van der Waals surface area contributed by atoms with E-state index in [1.165, 1.54) is 5.39 Å². The van der Waals surface area contributed by atoms with E-state index in [1.807, 2.05) is 48.5 Å². The molecule has 2 aromatic heterocycles. The van der Waals surface area contributed by atoms with Gasteiger partial charge in [0, 0.05) is 55.8 Å². The van der Waals surface area contributed by atoms with Crippen LogP contribution in [0.1, 0.15) is 22.3 Å². The third-order valence-electron chi connectivity index (χ3n) is 12.5. The van der Waals surface area contributed by atoms with Crippen molar-refractivity contribution in [3.8, 4) is 86.1 Å². The van der Waals surface area contributed by atoms with Crippen molar-refractivity contribution in [3.05, 3.63) is 241 Å². The van der Waals surface area contributed by atoms with Crippen LogP contribution in [0, 0.1) is 45.3 Å². The van der Waals surface area contributed by atoms with Gasteiger partial charge in [0.05, 0.1) is 69.0 Å². The number of benzene rings is 9. The lowest BCUT2D eigenvalue weighted by Gasteiger charge is -2.25.